The second-order valence-electron chi connectivity index (χ2n) is 4.26. The molecule has 0 spiro atoms. The SMILES string of the molecule is Fc1cccc(F)c1NC(=S)NCCOc1ccccc1Cl. The lowest BCUT2D eigenvalue weighted by Gasteiger charge is -2.12. The normalized spacial score (nSPS) is 10.1. The van der Waals surface area contributed by atoms with Crippen molar-refractivity contribution in [3.05, 3.63) is 59.1 Å². The molecule has 2 rings (SSSR count). The number of thiocarbonyl (C=S) groups is 1. The highest BCUT2D eigenvalue weighted by Crippen LogP contribution is 2.22. The summed E-state index contributed by atoms with van der Waals surface area (Å²) in [6, 6.07) is 10.6. The Balaban J connectivity index is 1.78. The molecule has 0 heterocycles. The highest BCUT2D eigenvalue weighted by Gasteiger charge is 2.09. The first kappa shape index (κ1) is 16.5. The fourth-order valence-corrected chi connectivity index (χ4v) is 2.06. The third-order valence-corrected chi connectivity index (χ3v) is 3.24. The first-order valence-corrected chi connectivity index (χ1v) is 7.23. The number of rotatable bonds is 5. The summed E-state index contributed by atoms with van der Waals surface area (Å²) in [5.74, 6) is -0.863. The zero-order chi connectivity index (χ0) is 15.9. The van der Waals surface area contributed by atoms with Crippen molar-refractivity contribution < 1.29 is 13.5 Å². The van der Waals surface area contributed by atoms with Crippen LogP contribution in [0.15, 0.2) is 42.5 Å². The monoisotopic (exact) mass is 342 g/mol. The second-order valence-corrected chi connectivity index (χ2v) is 5.07. The van der Waals surface area contributed by atoms with Crippen molar-refractivity contribution in [3.8, 4) is 5.75 Å². The molecule has 0 saturated heterocycles. The van der Waals surface area contributed by atoms with Gasteiger partial charge in [0.1, 0.15) is 29.7 Å². The Bertz CT molecular complexity index is 649. The summed E-state index contributed by atoms with van der Waals surface area (Å²) in [5, 5.41) is 5.89. The van der Waals surface area contributed by atoms with E-state index in [0.717, 1.165) is 12.1 Å². The molecule has 0 atom stereocenters. The van der Waals surface area contributed by atoms with Crippen LogP contribution >= 0.6 is 23.8 Å². The zero-order valence-electron chi connectivity index (χ0n) is 11.4. The molecule has 0 saturated carbocycles. The lowest BCUT2D eigenvalue weighted by Crippen LogP contribution is -2.32. The number of nitrogens with one attached hydrogen (secondary N) is 2. The summed E-state index contributed by atoms with van der Waals surface area (Å²) in [4.78, 5) is 0. The summed E-state index contributed by atoms with van der Waals surface area (Å²) in [6.07, 6.45) is 0. The summed E-state index contributed by atoms with van der Waals surface area (Å²) in [6.45, 7) is 0.651. The van der Waals surface area contributed by atoms with E-state index in [9.17, 15) is 8.78 Å². The first-order valence-electron chi connectivity index (χ1n) is 6.44. The van der Waals surface area contributed by atoms with Crippen molar-refractivity contribution in [3.63, 3.8) is 0 Å². The maximum absolute atomic E-state index is 13.4. The van der Waals surface area contributed by atoms with Crippen molar-refractivity contribution in [2.24, 2.45) is 0 Å². The van der Waals surface area contributed by atoms with Crippen LogP contribution in [0.1, 0.15) is 0 Å². The molecule has 116 valence electrons. The summed E-state index contributed by atoms with van der Waals surface area (Å²) in [5.41, 5.74) is -0.285. The maximum atomic E-state index is 13.4. The van der Waals surface area contributed by atoms with E-state index in [4.69, 9.17) is 28.6 Å². The second kappa shape index (κ2) is 7.91. The molecule has 0 aliphatic heterocycles. The van der Waals surface area contributed by atoms with Gasteiger partial charge in [0.2, 0.25) is 0 Å². The van der Waals surface area contributed by atoms with Crippen LogP contribution in [0, 0.1) is 11.6 Å². The van der Waals surface area contributed by atoms with Crippen molar-refractivity contribution in [2.75, 3.05) is 18.5 Å². The molecule has 3 nitrogen and oxygen atoms in total. The fourth-order valence-electron chi connectivity index (χ4n) is 1.66. The summed E-state index contributed by atoms with van der Waals surface area (Å²) in [7, 11) is 0. The van der Waals surface area contributed by atoms with Gasteiger partial charge in [-0.25, -0.2) is 8.78 Å². The molecule has 0 radical (unpaired) electrons. The molecule has 2 N–H and O–H groups in total. The number of ether oxygens (including phenoxy) is 1. The molecular formula is C15H13ClF2N2OS. The molecular weight excluding hydrogens is 330 g/mol. The Morgan fingerprint density at radius 1 is 1.09 bits per heavy atom. The molecule has 22 heavy (non-hydrogen) atoms. The van der Waals surface area contributed by atoms with E-state index in [1.807, 2.05) is 6.07 Å². The largest absolute Gasteiger partial charge is 0.490 e. The number of halogens is 3. The Kier molecular flexibility index (Phi) is 5.91. The Morgan fingerprint density at radius 2 is 1.77 bits per heavy atom. The van der Waals surface area contributed by atoms with Gasteiger partial charge in [-0.2, -0.15) is 0 Å². The van der Waals surface area contributed by atoms with Gasteiger partial charge in [0, 0.05) is 0 Å². The standard InChI is InChI=1S/C15H13ClF2N2OS/c16-10-4-1-2-7-13(10)21-9-8-19-15(22)20-14-11(17)5-3-6-12(14)18/h1-7H,8-9H2,(H2,19,20,22). The van der Waals surface area contributed by atoms with Gasteiger partial charge in [-0.15, -0.1) is 0 Å². The van der Waals surface area contributed by atoms with Crippen LogP contribution < -0.4 is 15.4 Å². The zero-order valence-corrected chi connectivity index (χ0v) is 13.0. The van der Waals surface area contributed by atoms with Gasteiger partial charge in [-0.3, -0.25) is 0 Å². The third kappa shape index (κ3) is 4.54. The lowest BCUT2D eigenvalue weighted by molar-refractivity contribution is 0.323. The predicted molar refractivity (Wildman–Crippen MR) is 87.5 cm³/mol. The van der Waals surface area contributed by atoms with Crippen molar-refractivity contribution in [1.29, 1.82) is 0 Å². The number of hydrogen-bond donors (Lipinski definition) is 2. The van der Waals surface area contributed by atoms with Crippen molar-refractivity contribution in [1.82, 2.24) is 5.32 Å². The molecule has 0 aromatic heterocycles. The Hall–Kier alpha value is -1.92. The quantitative estimate of drug-likeness (QED) is 0.636. The van der Waals surface area contributed by atoms with Crippen LogP contribution in [-0.2, 0) is 0 Å². The van der Waals surface area contributed by atoms with Gasteiger partial charge in [0.25, 0.3) is 0 Å². The van der Waals surface area contributed by atoms with Gasteiger partial charge in [-0.1, -0.05) is 29.8 Å². The Labute approximate surface area is 137 Å². The van der Waals surface area contributed by atoms with Crippen LogP contribution in [0.4, 0.5) is 14.5 Å². The fraction of sp³-hybridized carbons (Fsp3) is 0.133. The molecule has 2 aromatic carbocycles. The highest BCUT2D eigenvalue weighted by atomic mass is 35.5. The van der Waals surface area contributed by atoms with Crippen LogP contribution in [0.5, 0.6) is 5.75 Å². The average molecular weight is 343 g/mol. The first-order chi connectivity index (χ1) is 10.6. The minimum Gasteiger partial charge on any atom is -0.490 e. The number of anilines is 1. The highest BCUT2D eigenvalue weighted by molar-refractivity contribution is 7.80. The van der Waals surface area contributed by atoms with Crippen LogP contribution in [0.2, 0.25) is 5.02 Å². The van der Waals surface area contributed by atoms with Crippen LogP contribution in [-0.4, -0.2) is 18.3 Å². The van der Waals surface area contributed by atoms with E-state index >= 15 is 0 Å². The minimum absolute atomic E-state index is 0.103. The maximum Gasteiger partial charge on any atom is 0.171 e. The van der Waals surface area contributed by atoms with Crippen molar-refractivity contribution in [2.45, 2.75) is 0 Å². The number of benzene rings is 2. The minimum atomic E-state index is -0.712. The molecule has 0 bridgehead atoms. The average Bonchev–Trinajstić information content (AvgIpc) is 2.49. The Morgan fingerprint density at radius 3 is 2.45 bits per heavy atom. The van der Waals surface area contributed by atoms with Crippen molar-refractivity contribution >= 4 is 34.6 Å². The van der Waals surface area contributed by atoms with E-state index in [0.29, 0.717) is 23.9 Å². The summed E-state index contributed by atoms with van der Waals surface area (Å²) < 4.78 is 32.3. The summed E-state index contributed by atoms with van der Waals surface area (Å²) >= 11 is 10.9. The van der Waals surface area contributed by atoms with Gasteiger partial charge in [0.15, 0.2) is 5.11 Å². The third-order valence-electron chi connectivity index (χ3n) is 2.68. The van der Waals surface area contributed by atoms with E-state index in [1.54, 1.807) is 18.2 Å². The molecule has 0 unspecified atom stereocenters. The number of para-hydroxylation sites is 2. The lowest BCUT2D eigenvalue weighted by atomic mass is 10.3. The van der Waals surface area contributed by atoms with Crippen LogP contribution in [0.25, 0.3) is 0 Å². The van der Waals surface area contributed by atoms with Gasteiger partial charge in [-0.05, 0) is 36.5 Å². The van der Waals surface area contributed by atoms with E-state index < -0.39 is 11.6 Å². The molecule has 7 heteroatoms. The van der Waals surface area contributed by atoms with E-state index in [1.165, 1.54) is 6.07 Å². The number of hydrogen-bond acceptors (Lipinski definition) is 2. The molecule has 0 amide bonds. The van der Waals surface area contributed by atoms with E-state index in [-0.39, 0.29) is 10.8 Å². The molecule has 2 aromatic rings. The molecule has 0 aliphatic carbocycles. The predicted octanol–water partition coefficient (Wildman–Crippen LogP) is 3.98. The van der Waals surface area contributed by atoms with Gasteiger partial charge < -0.3 is 15.4 Å². The molecule has 0 fully saturated rings. The van der Waals surface area contributed by atoms with Crippen LogP contribution in [0.3, 0.4) is 0 Å². The molecule has 0 aliphatic rings. The topological polar surface area (TPSA) is 33.3 Å². The van der Waals surface area contributed by atoms with E-state index in [2.05, 4.69) is 10.6 Å². The smallest absolute Gasteiger partial charge is 0.171 e. The van der Waals surface area contributed by atoms with Gasteiger partial charge >= 0.3 is 0 Å². The van der Waals surface area contributed by atoms with Gasteiger partial charge in [0.05, 0.1) is 11.6 Å².